The van der Waals surface area contributed by atoms with Crippen LogP contribution in [0.25, 0.3) is 11.1 Å². The van der Waals surface area contributed by atoms with E-state index in [1.165, 1.54) is 143 Å². The predicted octanol–water partition coefficient (Wildman–Crippen LogP) is 15.3. The van der Waals surface area contributed by atoms with Crippen molar-refractivity contribution >= 4 is 12.2 Å². The fourth-order valence-corrected chi connectivity index (χ4v) is 15.4. The number of benzene rings is 3. The van der Waals surface area contributed by atoms with Gasteiger partial charge in [-0.05, 0) is 119 Å². The minimum absolute atomic E-state index is 0.220. The standard InChI is InChI=1S/C57H73B/c1-5-22-41(2)54(43-23-10-6-7-11-24-43)58(55-42(3)36-37-46-27-18-19-38-56(46,55)4)49-31-21-26-45(40-49)44-25-20-30-48(39-44)57(47-28-12-8-9-13-29-47)52-34-16-14-32-50(52)51-33-15-17-35-53(51)57/h8,12,14,16,20-21,25-26,28,30-32,34,39-43,46,51,53-55H,5-7,9-11,15,17-19,22-24,27,33,35-38H2,1-4H3/t41?,42-,46?,51+,53?,54?,55?,56-,57-/m1/s1. The SMILES string of the molecule is CCCC(C)C(B(c1cccc(-c2cccc([C@]3(C4=CC=CCC#C4)c4ccccc4[C@@H]4CCCCC43)c2)c1)C1[C@H](C)CCC2CCCC[C@]21C)C1CCCCCC1. The van der Waals surface area contributed by atoms with Crippen LogP contribution in [0.3, 0.4) is 0 Å². The Labute approximate surface area is 354 Å². The van der Waals surface area contributed by atoms with Gasteiger partial charge in [0, 0.05) is 12.0 Å². The highest BCUT2D eigenvalue weighted by molar-refractivity contribution is 6.76. The van der Waals surface area contributed by atoms with Crippen molar-refractivity contribution in [3.63, 3.8) is 0 Å². The van der Waals surface area contributed by atoms with Crippen molar-refractivity contribution in [2.75, 3.05) is 0 Å². The molecule has 4 saturated carbocycles. The third-order valence-corrected chi connectivity index (χ3v) is 17.7. The fourth-order valence-electron chi connectivity index (χ4n) is 15.4. The second kappa shape index (κ2) is 17.4. The van der Waals surface area contributed by atoms with Crippen LogP contribution in [0, 0.1) is 46.8 Å². The third-order valence-electron chi connectivity index (χ3n) is 17.7. The zero-order valence-corrected chi connectivity index (χ0v) is 36.8. The number of allylic oxidation sites excluding steroid dienone is 4. The molecule has 9 atom stereocenters. The van der Waals surface area contributed by atoms with E-state index in [0.717, 1.165) is 41.7 Å². The maximum absolute atomic E-state index is 3.80. The van der Waals surface area contributed by atoms with Gasteiger partial charge in [-0.15, -0.1) is 0 Å². The molecule has 4 fully saturated rings. The van der Waals surface area contributed by atoms with Gasteiger partial charge in [0.25, 0.3) is 0 Å². The first-order chi connectivity index (χ1) is 28.4. The number of hydrogen-bond donors (Lipinski definition) is 0. The van der Waals surface area contributed by atoms with E-state index >= 15 is 0 Å². The topological polar surface area (TPSA) is 0 Å². The van der Waals surface area contributed by atoms with Crippen LogP contribution in [-0.2, 0) is 5.41 Å². The highest BCUT2D eigenvalue weighted by Gasteiger charge is 2.56. The lowest BCUT2D eigenvalue weighted by Gasteiger charge is -2.57. The summed E-state index contributed by atoms with van der Waals surface area (Å²) >= 11 is 0. The van der Waals surface area contributed by atoms with Gasteiger partial charge in [-0.3, -0.25) is 0 Å². The minimum Gasteiger partial charge on any atom is -0.0940 e. The molecule has 0 heterocycles. The maximum Gasteiger partial charge on any atom is 0.183 e. The molecule has 3 aromatic rings. The van der Waals surface area contributed by atoms with Crippen molar-refractivity contribution < 1.29 is 0 Å². The van der Waals surface area contributed by atoms with Crippen molar-refractivity contribution in [3.05, 3.63) is 113 Å². The molecule has 0 aliphatic heterocycles. The number of fused-ring (bicyclic) bond motifs is 4. The van der Waals surface area contributed by atoms with E-state index in [1.54, 1.807) is 11.0 Å². The summed E-state index contributed by atoms with van der Waals surface area (Å²) in [5, 5.41) is 0. The van der Waals surface area contributed by atoms with Gasteiger partial charge in [-0.2, -0.15) is 0 Å². The first-order valence-electron chi connectivity index (χ1n) is 24.6. The Kier molecular flexibility index (Phi) is 12.1. The Balaban J connectivity index is 1.20. The summed E-state index contributed by atoms with van der Waals surface area (Å²) in [6.07, 6.45) is 32.9. The number of rotatable bonds is 10. The lowest BCUT2D eigenvalue weighted by Crippen LogP contribution is -2.55. The summed E-state index contributed by atoms with van der Waals surface area (Å²) in [6.45, 7) is 11.2. The molecule has 9 rings (SSSR count). The molecule has 5 unspecified atom stereocenters. The van der Waals surface area contributed by atoms with Crippen LogP contribution in [0.2, 0.25) is 11.6 Å². The molecule has 0 saturated heterocycles. The Morgan fingerprint density at radius 3 is 2.38 bits per heavy atom. The summed E-state index contributed by atoms with van der Waals surface area (Å²) < 4.78 is 0. The molecule has 6 aliphatic rings. The van der Waals surface area contributed by atoms with E-state index in [4.69, 9.17) is 0 Å². The van der Waals surface area contributed by atoms with Gasteiger partial charge in [0.05, 0.1) is 5.41 Å². The molecule has 304 valence electrons. The Bertz CT molecular complexity index is 2010. The second-order valence-corrected chi connectivity index (χ2v) is 20.8. The van der Waals surface area contributed by atoms with E-state index in [2.05, 4.69) is 131 Å². The lowest BCUT2D eigenvalue weighted by atomic mass is 9.20. The Hall–Kier alpha value is -3.24. The average Bonchev–Trinajstić information content (AvgIpc) is 3.53. The van der Waals surface area contributed by atoms with Gasteiger partial charge in [0.1, 0.15) is 0 Å². The molecule has 1 heteroatoms. The molecule has 6 aliphatic carbocycles. The summed E-state index contributed by atoms with van der Waals surface area (Å²) in [5.41, 5.74) is 10.6. The smallest absolute Gasteiger partial charge is 0.0940 e. The van der Waals surface area contributed by atoms with E-state index in [1.807, 2.05) is 0 Å². The highest BCUT2D eigenvalue weighted by Crippen LogP contribution is 2.64. The first kappa shape index (κ1) is 40.2. The molecule has 58 heavy (non-hydrogen) atoms. The summed E-state index contributed by atoms with van der Waals surface area (Å²) in [7, 11) is 0. The van der Waals surface area contributed by atoms with E-state index in [-0.39, 0.29) is 5.41 Å². The molecule has 0 nitrogen and oxygen atoms in total. The second-order valence-electron chi connectivity index (χ2n) is 20.8. The average molecular weight is 769 g/mol. The summed E-state index contributed by atoms with van der Waals surface area (Å²) in [6, 6.07) is 29.7. The first-order valence-corrected chi connectivity index (χ1v) is 24.6. The molecule has 0 N–H and O–H groups in total. The van der Waals surface area contributed by atoms with Gasteiger partial charge in [0.2, 0.25) is 0 Å². The molecule has 0 bridgehead atoms. The van der Waals surface area contributed by atoms with E-state index in [0.29, 0.717) is 24.0 Å². The lowest BCUT2D eigenvalue weighted by molar-refractivity contribution is 0.0364. The zero-order valence-electron chi connectivity index (χ0n) is 36.8. The van der Waals surface area contributed by atoms with Crippen LogP contribution in [0.15, 0.2) is 96.6 Å². The Morgan fingerprint density at radius 1 is 0.776 bits per heavy atom. The molecule has 0 amide bonds. The summed E-state index contributed by atoms with van der Waals surface area (Å²) in [4.78, 5) is 0. The molecule has 0 aromatic heterocycles. The predicted molar refractivity (Wildman–Crippen MR) is 250 cm³/mol. The van der Waals surface area contributed by atoms with Gasteiger partial charge >= 0.3 is 0 Å². The summed E-state index contributed by atoms with van der Waals surface area (Å²) in [5.74, 6) is 13.3. The maximum atomic E-state index is 3.80. The van der Waals surface area contributed by atoms with Crippen LogP contribution in [-0.4, -0.2) is 6.71 Å². The fraction of sp³-hybridized carbons (Fsp3) is 0.579. The van der Waals surface area contributed by atoms with Crippen LogP contribution < -0.4 is 5.46 Å². The van der Waals surface area contributed by atoms with Crippen LogP contribution in [0.5, 0.6) is 0 Å². The van der Waals surface area contributed by atoms with Gasteiger partial charge in [-0.25, -0.2) is 0 Å². The van der Waals surface area contributed by atoms with Crippen LogP contribution in [0.4, 0.5) is 0 Å². The molecule has 0 radical (unpaired) electrons. The van der Waals surface area contributed by atoms with Crippen LogP contribution >= 0.6 is 0 Å². The van der Waals surface area contributed by atoms with Crippen molar-refractivity contribution in [2.24, 2.45) is 35.0 Å². The molecule has 0 spiro atoms. The zero-order chi connectivity index (χ0) is 39.7. The normalized spacial score (nSPS) is 31.9. The monoisotopic (exact) mass is 769 g/mol. The molecule has 3 aromatic carbocycles. The minimum atomic E-state index is -0.220. The van der Waals surface area contributed by atoms with Crippen molar-refractivity contribution in [2.45, 2.75) is 173 Å². The van der Waals surface area contributed by atoms with Crippen molar-refractivity contribution in [3.8, 4) is 23.0 Å². The van der Waals surface area contributed by atoms with Crippen molar-refractivity contribution in [1.82, 2.24) is 0 Å². The van der Waals surface area contributed by atoms with Gasteiger partial charge in [-0.1, -0.05) is 213 Å². The number of hydrogen-bond acceptors (Lipinski definition) is 0. The molecular formula is C57H73B. The Morgan fingerprint density at radius 2 is 1.53 bits per heavy atom. The quantitative estimate of drug-likeness (QED) is 0.109. The molecular weight excluding hydrogens is 695 g/mol. The van der Waals surface area contributed by atoms with Gasteiger partial charge < -0.3 is 0 Å². The van der Waals surface area contributed by atoms with Crippen LogP contribution in [0.1, 0.15) is 172 Å². The highest BCUT2D eigenvalue weighted by atomic mass is 14.6. The van der Waals surface area contributed by atoms with Crippen molar-refractivity contribution in [1.29, 1.82) is 0 Å². The third kappa shape index (κ3) is 7.14. The van der Waals surface area contributed by atoms with E-state index in [9.17, 15) is 0 Å². The largest absolute Gasteiger partial charge is 0.183 e. The van der Waals surface area contributed by atoms with E-state index < -0.39 is 0 Å². The van der Waals surface area contributed by atoms with Gasteiger partial charge in [0.15, 0.2) is 6.71 Å².